The number of aryl methyl sites for hydroxylation is 1. The van der Waals surface area contributed by atoms with Crippen LogP contribution in [0.15, 0.2) is 33.9 Å². The molecule has 21 heavy (non-hydrogen) atoms. The average molecular weight is 310 g/mol. The van der Waals surface area contributed by atoms with Crippen LogP contribution < -0.4 is 10.0 Å². The van der Waals surface area contributed by atoms with Crippen molar-refractivity contribution in [3.05, 3.63) is 35.9 Å². The van der Waals surface area contributed by atoms with E-state index in [9.17, 15) is 8.42 Å². The molecule has 0 amide bonds. The highest BCUT2D eigenvalue weighted by Gasteiger charge is 2.22. The van der Waals surface area contributed by atoms with E-state index >= 15 is 0 Å². The van der Waals surface area contributed by atoms with E-state index < -0.39 is 10.0 Å². The Labute approximate surface area is 123 Å². The normalized spacial score (nSPS) is 15.5. The summed E-state index contributed by atoms with van der Waals surface area (Å²) in [4.78, 5) is 0. The average Bonchev–Trinajstić information content (AvgIpc) is 2.97. The Hall–Kier alpha value is -1.64. The second-order valence-electron chi connectivity index (χ2n) is 5.18. The maximum Gasteiger partial charge on any atom is 0.274 e. The predicted molar refractivity (Wildman–Crippen MR) is 75.8 cm³/mol. The van der Waals surface area contributed by atoms with Gasteiger partial charge in [0.2, 0.25) is 5.09 Å². The fourth-order valence-corrected chi connectivity index (χ4v) is 2.87. The summed E-state index contributed by atoms with van der Waals surface area (Å²) in [5.41, 5.74) is 0.656. The molecule has 0 radical (unpaired) electrons. The van der Waals surface area contributed by atoms with E-state index in [1.165, 1.54) is 18.9 Å². The lowest BCUT2D eigenvalue weighted by atomic mass is 10.4. The van der Waals surface area contributed by atoms with Crippen LogP contribution in [-0.2, 0) is 30.2 Å². The third-order valence-corrected chi connectivity index (χ3v) is 4.53. The van der Waals surface area contributed by atoms with Crippen LogP contribution >= 0.6 is 0 Å². The van der Waals surface area contributed by atoms with Gasteiger partial charge in [0.1, 0.15) is 5.76 Å². The van der Waals surface area contributed by atoms with Crippen molar-refractivity contribution in [2.45, 2.75) is 37.1 Å². The number of nitrogens with zero attached hydrogens (tertiary/aromatic N) is 2. The third-order valence-electron chi connectivity index (χ3n) is 3.26. The van der Waals surface area contributed by atoms with Crippen molar-refractivity contribution in [1.82, 2.24) is 19.8 Å². The molecule has 0 saturated heterocycles. The van der Waals surface area contributed by atoms with Gasteiger partial charge >= 0.3 is 0 Å². The van der Waals surface area contributed by atoms with Gasteiger partial charge in [0.05, 0.1) is 18.8 Å². The highest BCUT2D eigenvalue weighted by atomic mass is 32.2. The molecule has 114 valence electrons. The van der Waals surface area contributed by atoms with Gasteiger partial charge in [-0.1, -0.05) is 0 Å². The summed E-state index contributed by atoms with van der Waals surface area (Å²) >= 11 is 0. The quantitative estimate of drug-likeness (QED) is 0.787. The Kier molecular flexibility index (Phi) is 3.83. The third kappa shape index (κ3) is 3.72. The van der Waals surface area contributed by atoms with Crippen LogP contribution in [0, 0.1) is 0 Å². The van der Waals surface area contributed by atoms with E-state index in [0.29, 0.717) is 24.0 Å². The molecule has 3 rings (SSSR count). The fraction of sp³-hybridized carbons (Fsp3) is 0.462. The molecule has 8 heteroatoms. The lowest BCUT2D eigenvalue weighted by Gasteiger charge is -2.02. The Bertz CT molecular complexity index is 715. The van der Waals surface area contributed by atoms with Crippen LogP contribution in [0.3, 0.4) is 0 Å². The summed E-state index contributed by atoms with van der Waals surface area (Å²) in [6.45, 7) is 0.694. The molecule has 0 aliphatic heterocycles. The minimum absolute atomic E-state index is 0.0639. The van der Waals surface area contributed by atoms with Crippen molar-refractivity contribution < 1.29 is 12.8 Å². The molecule has 0 atom stereocenters. The van der Waals surface area contributed by atoms with E-state index in [1.807, 2.05) is 0 Å². The van der Waals surface area contributed by atoms with Crippen molar-refractivity contribution in [3.8, 4) is 0 Å². The van der Waals surface area contributed by atoms with Crippen molar-refractivity contribution >= 4 is 10.0 Å². The molecule has 1 aliphatic carbocycles. The molecule has 1 aliphatic rings. The molecule has 2 aromatic rings. The van der Waals surface area contributed by atoms with Gasteiger partial charge in [0, 0.05) is 19.3 Å². The maximum absolute atomic E-state index is 12.1. The summed E-state index contributed by atoms with van der Waals surface area (Å²) in [5.74, 6) is 0.625. The fourth-order valence-electron chi connectivity index (χ4n) is 1.93. The molecule has 1 saturated carbocycles. The minimum Gasteiger partial charge on any atom is -0.447 e. The number of hydrogen-bond acceptors (Lipinski definition) is 5. The summed E-state index contributed by atoms with van der Waals surface area (Å²) in [5, 5.41) is 7.33. The van der Waals surface area contributed by atoms with Gasteiger partial charge in [-0.25, -0.2) is 13.1 Å². The SMILES string of the molecule is Cn1ccc(CNS(=O)(=O)c2ccc(CNC3CC3)o2)n1. The number of sulfonamides is 1. The number of nitrogens with one attached hydrogen (secondary N) is 2. The van der Waals surface area contributed by atoms with Crippen molar-refractivity contribution in [1.29, 1.82) is 0 Å². The van der Waals surface area contributed by atoms with Gasteiger partial charge in [-0.05, 0) is 31.0 Å². The van der Waals surface area contributed by atoms with Crippen LogP contribution in [0.5, 0.6) is 0 Å². The smallest absolute Gasteiger partial charge is 0.274 e. The minimum atomic E-state index is -3.65. The zero-order valence-corrected chi connectivity index (χ0v) is 12.6. The summed E-state index contributed by atoms with van der Waals surface area (Å²) < 4.78 is 33.7. The van der Waals surface area contributed by atoms with Gasteiger partial charge < -0.3 is 9.73 Å². The number of aromatic nitrogens is 2. The second-order valence-corrected chi connectivity index (χ2v) is 6.88. The summed E-state index contributed by atoms with van der Waals surface area (Å²) in [7, 11) is -1.86. The predicted octanol–water partition coefficient (Wildman–Crippen LogP) is 0.744. The Morgan fingerprint density at radius 3 is 2.81 bits per heavy atom. The van der Waals surface area contributed by atoms with Crippen molar-refractivity contribution in [3.63, 3.8) is 0 Å². The van der Waals surface area contributed by atoms with Crippen LogP contribution in [0.2, 0.25) is 0 Å². The Morgan fingerprint density at radius 1 is 1.33 bits per heavy atom. The Morgan fingerprint density at radius 2 is 2.14 bits per heavy atom. The van der Waals surface area contributed by atoms with Gasteiger partial charge in [0.25, 0.3) is 10.0 Å². The first-order valence-corrected chi connectivity index (χ1v) is 8.31. The van der Waals surface area contributed by atoms with Crippen LogP contribution in [-0.4, -0.2) is 24.2 Å². The molecule has 1 fully saturated rings. The number of furan rings is 1. The molecular weight excluding hydrogens is 292 g/mol. The molecule has 0 aromatic carbocycles. The zero-order chi connectivity index (χ0) is 14.9. The standard InChI is InChI=1S/C13H18N4O3S/c1-17-7-6-11(16-17)8-15-21(18,19)13-5-4-12(20-13)9-14-10-2-3-10/h4-7,10,14-15H,2-3,8-9H2,1H3. The first-order chi connectivity index (χ1) is 10.0. The molecule has 0 bridgehead atoms. The van der Waals surface area contributed by atoms with Crippen LogP contribution in [0.25, 0.3) is 0 Å². The van der Waals surface area contributed by atoms with Crippen LogP contribution in [0.1, 0.15) is 24.3 Å². The summed E-state index contributed by atoms with van der Waals surface area (Å²) in [6, 6.07) is 5.47. The van der Waals surface area contributed by atoms with Crippen molar-refractivity contribution in [2.75, 3.05) is 0 Å². The lowest BCUT2D eigenvalue weighted by Crippen LogP contribution is -2.23. The van der Waals surface area contributed by atoms with Gasteiger partial charge in [-0.15, -0.1) is 0 Å². The Balaban J connectivity index is 1.60. The molecule has 2 aromatic heterocycles. The molecule has 0 unspecified atom stereocenters. The monoisotopic (exact) mass is 310 g/mol. The van der Waals surface area contributed by atoms with E-state index in [1.54, 1.807) is 30.1 Å². The first-order valence-electron chi connectivity index (χ1n) is 6.83. The van der Waals surface area contributed by atoms with Crippen molar-refractivity contribution in [2.24, 2.45) is 7.05 Å². The maximum atomic E-state index is 12.1. The number of rotatable bonds is 7. The van der Waals surface area contributed by atoms with Gasteiger partial charge in [-0.2, -0.15) is 5.10 Å². The van der Waals surface area contributed by atoms with E-state index in [0.717, 1.165) is 0 Å². The van der Waals surface area contributed by atoms with E-state index in [2.05, 4.69) is 15.1 Å². The first kappa shape index (κ1) is 14.3. The highest BCUT2D eigenvalue weighted by molar-refractivity contribution is 7.89. The number of hydrogen-bond donors (Lipinski definition) is 2. The molecule has 7 nitrogen and oxygen atoms in total. The molecule has 2 N–H and O–H groups in total. The molecular formula is C13H18N4O3S. The molecule has 0 spiro atoms. The second kappa shape index (κ2) is 5.63. The van der Waals surface area contributed by atoms with E-state index in [-0.39, 0.29) is 11.6 Å². The van der Waals surface area contributed by atoms with Crippen LogP contribution in [0.4, 0.5) is 0 Å². The highest BCUT2D eigenvalue weighted by Crippen LogP contribution is 2.20. The largest absolute Gasteiger partial charge is 0.447 e. The van der Waals surface area contributed by atoms with Gasteiger partial charge in [0.15, 0.2) is 0 Å². The summed E-state index contributed by atoms with van der Waals surface area (Å²) in [6.07, 6.45) is 4.12. The van der Waals surface area contributed by atoms with E-state index in [4.69, 9.17) is 4.42 Å². The molecule has 2 heterocycles. The lowest BCUT2D eigenvalue weighted by molar-refractivity contribution is 0.399. The van der Waals surface area contributed by atoms with Gasteiger partial charge in [-0.3, -0.25) is 4.68 Å². The topological polar surface area (TPSA) is 89.2 Å². The zero-order valence-electron chi connectivity index (χ0n) is 11.7.